The standard InChI is InChI=1S/C11H23NO2/c1-10-3-2-4-11(9-10)12-5-7-14-8-6-13/h10-13H,2-9H2,1H3/t10-,11+/m0/s1. The first-order chi connectivity index (χ1) is 6.83. The molecule has 2 atom stereocenters. The molecule has 1 aliphatic rings. The first kappa shape index (κ1) is 12.0. The molecule has 0 aromatic carbocycles. The molecule has 0 heterocycles. The highest BCUT2D eigenvalue weighted by molar-refractivity contribution is 4.75. The van der Waals surface area contributed by atoms with Gasteiger partial charge in [0.05, 0.1) is 19.8 Å². The maximum absolute atomic E-state index is 8.50. The molecular formula is C11H23NO2. The summed E-state index contributed by atoms with van der Waals surface area (Å²) in [5.41, 5.74) is 0. The van der Waals surface area contributed by atoms with Crippen molar-refractivity contribution in [1.82, 2.24) is 5.32 Å². The summed E-state index contributed by atoms with van der Waals surface area (Å²) >= 11 is 0. The second-order valence-corrected chi connectivity index (χ2v) is 4.26. The van der Waals surface area contributed by atoms with Crippen LogP contribution in [0.4, 0.5) is 0 Å². The number of ether oxygens (including phenoxy) is 1. The number of nitrogens with one attached hydrogen (secondary N) is 1. The van der Waals surface area contributed by atoms with Gasteiger partial charge in [-0.05, 0) is 18.8 Å². The van der Waals surface area contributed by atoms with Gasteiger partial charge in [-0.15, -0.1) is 0 Å². The summed E-state index contributed by atoms with van der Waals surface area (Å²) in [5, 5.41) is 12.0. The molecule has 2 N–H and O–H groups in total. The van der Waals surface area contributed by atoms with Crippen LogP contribution in [0.15, 0.2) is 0 Å². The van der Waals surface area contributed by atoms with Gasteiger partial charge in [0.15, 0.2) is 0 Å². The molecule has 0 amide bonds. The topological polar surface area (TPSA) is 41.5 Å². The Hall–Kier alpha value is -0.120. The van der Waals surface area contributed by atoms with Crippen molar-refractivity contribution >= 4 is 0 Å². The fourth-order valence-electron chi connectivity index (χ4n) is 2.12. The predicted octanol–water partition coefficient (Wildman–Crippen LogP) is 1.16. The summed E-state index contributed by atoms with van der Waals surface area (Å²) in [5.74, 6) is 0.875. The number of hydrogen-bond donors (Lipinski definition) is 2. The van der Waals surface area contributed by atoms with Crippen molar-refractivity contribution in [2.45, 2.75) is 38.6 Å². The first-order valence-electron chi connectivity index (χ1n) is 5.75. The molecule has 0 bridgehead atoms. The number of aliphatic hydroxyl groups is 1. The van der Waals surface area contributed by atoms with Crippen LogP contribution >= 0.6 is 0 Å². The molecule has 0 aromatic heterocycles. The third-order valence-corrected chi connectivity index (χ3v) is 2.85. The Balaban J connectivity index is 1.95. The van der Waals surface area contributed by atoms with Crippen molar-refractivity contribution in [3.63, 3.8) is 0 Å². The quantitative estimate of drug-likeness (QED) is 0.634. The Kier molecular flexibility index (Phi) is 6.15. The van der Waals surface area contributed by atoms with Crippen LogP contribution in [0.5, 0.6) is 0 Å². The highest BCUT2D eigenvalue weighted by Gasteiger charge is 2.17. The lowest BCUT2D eigenvalue weighted by Crippen LogP contribution is -2.35. The van der Waals surface area contributed by atoms with Crippen LogP contribution in [0.1, 0.15) is 32.6 Å². The highest BCUT2D eigenvalue weighted by Crippen LogP contribution is 2.23. The van der Waals surface area contributed by atoms with E-state index < -0.39 is 0 Å². The molecule has 1 saturated carbocycles. The molecular weight excluding hydrogens is 178 g/mol. The van der Waals surface area contributed by atoms with Gasteiger partial charge in [-0.1, -0.05) is 19.8 Å². The van der Waals surface area contributed by atoms with E-state index in [-0.39, 0.29) is 6.61 Å². The maximum atomic E-state index is 8.50. The zero-order chi connectivity index (χ0) is 10.2. The molecule has 0 radical (unpaired) electrons. The van der Waals surface area contributed by atoms with E-state index in [9.17, 15) is 0 Å². The maximum Gasteiger partial charge on any atom is 0.0698 e. The van der Waals surface area contributed by atoms with E-state index in [1.165, 1.54) is 25.7 Å². The fourth-order valence-corrected chi connectivity index (χ4v) is 2.12. The van der Waals surface area contributed by atoms with Gasteiger partial charge in [-0.25, -0.2) is 0 Å². The van der Waals surface area contributed by atoms with Crippen molar-refractivity contribution in [2.24, 2.45) is 5.92 Å². The normalized spacial score (nSPS) is 27.9. The third-order valence-electron chi connectivity index (χ3n) is 2.85. The SMILES string of the molecule is C[C@H]1CCC[C@@H](NCCOCCO)C1. The van der Waals surface area contributed by atoms with E-state index in [2.05, 4.69) is 12.2 Å². The lowest BCUT2D eigenvalue weighted by molar-refractivity contribution is 0.0912. The molecule has 0 spiro atoms. The molecule has 0 unspecified atom stereocenters. The minimum absolute atomic E-state index is 0.125. The van der Waals surface area contributed by atoms with E-state index in [4.69, 9.17) is 9.84 Å². The smallest absolute Gasteiger partial charge is 0.0698 e. The second kappa shape index (κ2) is 7.21. The van der Waals surface area contributed by atoms with Gasteiger partial charge in [0.1, 0.15) is 0 Å². The molecule has 3 nitrogen and oxygen atoms in total. The average molecular weight is 201 g/mol. The Morgan fingerprint density at radius 1 is 1.36 bits per heavy atom. The monoisotopic (exact) mass is 201 g/mol. The van der Waals surface area contributed by atoms with Crippen LogP contribution < -0.4 is 5.32 Å². The minimum atomic E-state index is 0.125. The van der Waals surface area contributed by atoms with E-state index in [0.717, 1.165) is 12.5 Å². The van der Waals surface area contributed by atoms with Gasteiger partial charge >= 0.3 is 0 Å². The zero-order valence-corrected chi connectivity index (χ0v) is 9.17. The lowest BCUT2D eigenvalue weighted by atomic mass is 9.87. The Morgan fingerprint density at radius 3 is 2.93 bits per heavy atom. The fraction of sp³-hybridized carbons (Fsp3) is 1.00. The lowest BCUT2D eigenvalue weighted by Gasteiger charge is -2.27. The van der Waals surface area contributed by atoms with Crippen molar-refractivity contribution in [1.29, 1.82) is 0 Å². The molecule has 1 rings (SSSR count). The largest absolute Gasteiger partial charge is 0.394 e. The van der Waals surface area contributed by atoms with Gasteiger partial charge in [-0.2, -0.15) is 0 Å². The molecule has 0 aromatic rings. The van der Waals surface area contributed by atoms with E-state index in [1.807, 2.05) is 0 Å². The zero-order valence-electron chi connectivity index (χ0n) is 9.17. The van der Waals surface area contributed by atoms with E-state index >= 15 is 0 Å². The summed E-state index contributed by atoms with van der Waals surface area (Å²) < 4.78 is 5.19. The third kappa shape index (κ3) is 4.94. The van der Waals surface area contributed by atoms with Gasteiger partial charge < -0.3 is 15.2 Å². The predicted molar refractivity (Wildman–Crippen MR) is 57.3 cm³/mol. The van der Waals surface area contributed by atoms with Gasteiger partial charge in [0.25, 0.3) is 0 Å². The number of hydrogen-bond acceptors (Lipinski definition) is 3. The van der Waals surface area contributed by atoms with Crippen LogP contribution in [0, 0.1) is 5.92 Å². The first-order valence-corrected chi connectivity index (χ1v) is 5.75. The van der Waals surface area contributed by atoms with Crippen LogP contribution in [-0.4, -0.2) is 37.5 Å². The molecule has 3 heteroatoms. The van der Waals surface area contributed by atoms with Gasteiger partial charge in [0, 0.05) is 12.6 Å². The van der Waals surface area contributed by atoms with Crippen LogP contribution in [0.25, 0.3) is 0 Å². The highest BCUT2D eigenvalue weighted by atomic mass is 16.5. The summed E-state index contributed by atoms with van der Waals surface area (Å²) in [7, 11) is 0. The molecule has 84 valence electrons. The molecule has 14 heavy (non-hydrogen) atoms. The summed E-state index contributed by atoms with van der Waals surface area (Å²) in [4.78, 5) is 0. The van der Waals surface area contributed by atoms with Gasteiger partial charge in [-0.3, -0.25) is 0 Å². The minimum Gasteiger partial charge on any atom is -0.394 e. The average Bonchev–Trinajstić information content (AvgIpc) is 2.18. The molecule has 1 aliphatic carbocycles. The summed E-state index contributed by atoms with van der Waals surface area (Å²) in [6.45, 7) is 4.54. The van der Waals surface area contributed by atoms with E-state index in [0.29, 0.717) is 19.3 Å². The second-order valence-electron chi connectivity index (χ2n) is 4.26. The van der Waals surface area contributed by atoms with Gasteiger partial charge in [0.2, 0.25) is 0 Å². The van der Waals surface area contributed by atoms with Crippen LogP contribution in [0.3, 0.4) is 0 Å². The van der Waals surface area contributed by atoms with Crippen molar-refractivity contribution in [3.8, 4) is 0 Å². The Labute approximate surface area is 86.8 Å². The number of aliphatic hydroxyl groups excluding tert-OH is 1. The van der Waals surface area contributed by atoms with Crippen LogP contribution in [0.2, 0.25) is 0 Å². The van der Waals surface area contributed by atoms with Crippen LogP contribution in [-0.2, 0) is 4.74 Å². The molecule has 1 fully saturated rings. The number of rotatable bonds is 6. The summed E-state index contributed by atoms with van der Waals surface area (Å²) in [6, 6.07) is 0.691. The molecule has 0 saturated heterocycles. The Bertz CT molecular complexity index is 141. The van der Waals surface area contributed by atoms with Crippen molar-refractivity contribution < 1.29 is 9.84 Å². The molecule has 0 aliphatic heterocycles. The summed E-state index contributed by atoms with van der Waals surface area (Å²) in [6.07, 6.45) is 5.36. The van der Waals surface area contributed by atoms with E-state index in [1.54, 1.807) is 0 Å². The van der Waals surface area contributed by atoms with Crippen molar-refractivity contribution in [2.75, 3.05) is 26.4 Å². The Morgan fingerprint density at radius 2 is 2.21 bits per heavy atom. The van der Waals surface area contributed by atoms with Crippen molar-refractivity contribution in [3.05, 3.63) is 0 Å².